The second kappa shape index (κ2) is 9.21. The number of hydrogen-bond donors (Lipinski definition) is 0. The summed E-state index contributed by atoms with van der Waals surface area (Å²) < 4.78 is 11.7. The summed E-state index contributed by atoms with van der Waals surface area (Å²) in [6, 6.07) is 22.9. The Labute approximate surface area is 209 Å². The van der Waals surface area contributed by atoms with E-state index in [9.17, 15) is 9.59 Å². The molecule has 0 spiro atoms. The van der Waals surface area contributed by atoms with Crippen LogP contribution in [0.25, 0.3) is 11.1 Å². The lowest BCUT2D eigenvalue weighted by Crippen LogP contribution is -2.60. The molecule has 2 aliphatic heterocycles. The van der Waals surface area contributed by atoms with Gasteiger partial charge >= 0.3 is 6.09 Å². The van der Waals surface area contributed by atoms with Crippen LogP contribution >= 0.6 is 0 Å². The number of pyridine rings is 1. The first-order valence-electron chi connectivity index (χ1n) is 12.3. The number of benzene rings is 2. The molecular weight excluding hydrogens is 454 g/mol. The Balaban J connectivity index is 1.16. The molecule has 2 fully saturated rings. The quantitative estimate of drug-likeness (QED) is 0.509. The average molecular weight is 480 g/mol. The van der Waals surface area contributed by atoms with Crippen LogP contribution in [0.15, 0.2) is 66.7 Å². The van der Waals surface area contributed by atoms with E-state index >= 15 is 0 Å². The number of piperidine rings is 1. The molecule has 36 heavy (non-hydrogen) atoms. The lowest BCUT2D eigenvalue weighted by atomic mass is 9.81. The zero-order valence-corrected chi connectivity index (χ0v) is 19.7. The van der Waals surface area contributed by atoms with Crippen molar-refractivity contribution in [1.29, 1.82) is 5.26 Å². The monoisotopic (exact) mass is 479 g/mol. The van der Waals surface area contributed by atoms with Crippen molar-refractivity contribution in [3.05, 3.63) is 89.2 Å². The zero-order chi connectivity index (χ0) is 24.6. The molecular formula is C29H25N3O4. The number of morpholine rings is 1. The minimum atomic E-state index is -0.356. The topological polar surface area (TPSA) is 92.5 Å². The van der Waals surface area contributed by atoms with Crippen molar-refractivity contribution in [3.63, 3.8) is 0 Å². The smallest absolute Gasteiger partial charge is 0.410 e. The number of amides is 1. The molecule has 1 aliphatic carbocycles. The number of fused-ring (bicyclic) bond motifs is 5. The molecule has 180 valence electrons. The number of hydrogen-bond acceptors (Lipinski definition) is 6. The van der Waals surface area contributed by atoms with Gasteiger partial charge in [-0.15, -0.1) is 0 Å². The van der Waals surface area contributed by atoms with Crippen LogP contribution in [0.1, 0.15) is 46.1 Å². The molecule has 2 atom stereocenters. The third-order valence-corrected chi connectivity index (χ3v) is 7.55. The molecule has 2 saturated heterocycles. The van der Waals surface area contributed by atoms with Gasteiger partial charge in [0, 0.05) is 11.8 Å². The molecule has 0 saturated carbocycles. The highest BCUT2D eigenvalue weighted by Crippen LogP contribution is 2.44. The standard InChI is InChI=1S/C29H25N3O4/c30-14-19-6-5-11-27(31-19)28(33)18-12-20-15-35-16-21(13-18)32(20)29(34)36-17-26-24-9-3-1-7-22(24)23-8-2-4-10-25(23)26/h1-11,18,20-21,26H,12-13,15-17H2. The van der Waals surface area contributed by atoms with Crippen LogP contribution in [0.4, 0.5) is 4.79 Å². The van der Waals surface area contributed by atoms with E-state index in [2.05, 4.69) is 29.2 Å². The number of rotatable bonds is 4. The molecule has 3 heterocycles. The van der Waals surface area contributed by atoms with Crippen molar-refractivity contribution in [2.75, 3.05) is 19.8 Å². The van der Waals surface area contributed by atoms with Crippen molar-refractivity contribution >= 4 is 11.9 Å². The van der Waals surface area contributed by atoms with Gasteiger partial charge in [0.2, 0.25) is 0 Å². The summed E-state index contributed by atoms with van der Waals surface area (Å²) in [6.45, 7) is 1.00. The van der Waals surface area contributed by atoms with E-state index < -0.39 is 0 Å². The maximum Gasteiger partial charge on any atom is 0.410 e. The maximum absolute atomic E-state index is 13.3. The molecule has 3 aliphatic rings. The highest BCUT2D eigenvalue weighted by Gasteiger charge is 2.45. The zero-order valence-electron chi connectivity index (χ0n) is 19.7. The third-order valence-electron chi connectivity index (χ3n) is 7.55. The van der Waals surface area contributed by atoms with Crippen LogP contribution in [0, 0.1) is 17.2 Å². The molecule has 1 aromatic heterocycles. The Hall–Kier alpha value is -4.02. The fourth-order valence-corrected chi connectivity index (χ4v) is 5.94. The van der Waals surface area contributed by atoms with E-state index in [0.717, 1.165) is 0 Å². The fraction of sp³-hybridized carbons (Fsp3) is 0.310. The molecule has 7 heteroatoms. The number of ether oxygens (including phenoxy) is 2. The summed E-state index contributed by atoms with van der Waals surface area (Å²) in [4.78, 5) is 32.5. The maximum atomic E-state index is 13.3. The second-order valence-corrected chi connectivity index (χ2v) is 9.61. The van der Waals surface area contributed by atoms with Gasteiger partial charge in [0.05, 0.1) is 25.3 Å². The highest BCUT2D eigenvalue weighted by atomic mass is 16.6. The number of aromatic nitrogens is 1. The molecule has 2 bridgehead atoms. The first-order valence-corrected chi connectivity index (χ1v) is 12.3. The van der Waals surface area contributed by atoms with Crippen LogP contribution in [0.5, 0.6) is 0 Å². The molecule has 2 unspecified atom stereocenters. The molecule has 7 nitrogen and oxygen atoms in total. The van der Waals surface area contributed by atoms with Crippen LogP contribution < -0.4 is 0 Å². The Morgan fingerprint density at radius 2 is 1.58 bits per heavy atom. The van der Waals surface area contributed by atoms with Gasteiger partial charge in [-0.1, -0.05) is 54.6 Å². The van der Waals surface area contributed by atoms with E-state index in [0.29, 0.717) is 31.7 Å². The number of carbonyl (C=O) groups excluding carboxylic acids is 2. The van der Waals surface area contributed by atoms with Gasteiger partial charge in [-0.05, 0) is 47.2 Å². The van der Waals surface area contributed by atoms with Crippen LogP contribution in [-0.2, 0) is 9.47 Å². The van der Waals surface area contributed by atoms with E-state index in [1.807, 2.05) is 30.3 Å². The number of Topliss-reactive ketones (excluding diaryl/α,β-unsaturated/α-hetero) is 1. The number of nitriles is 1. The number of nitrogens with zero attached hydrogens (tertiary/aromatic N) is 3. The predicted molar refractivity (Wildman–Crippen MR) is 131 cm³/mol. The summed E-state index contributed by atoms with van der Waals surface area (Å²) in [5, 5.41) is 9.12. The number of carbonyl (C=O) groups is 2. The minimum Gasteiger partial charge on any atom is -0.448 e. The first-order chi connectivity index (χ1) is 17.6. The second-order valence-electron chi connectivity index (χ2n) is 9.61. The Morgan fingerprint density at radius 3 is 2.22 bits per heavy atom. The van der Waals surface area contributed by atoms with Gasteiger partial charge in [-0.2, -0.15) is 5.26 Å². The molecule has 0 N–H and O–H groups in total. The normalized spacial score (nSPS) is 22.3. The lowest BCUT2D eigenvalue weighted by molar-refractivity contribution is -0.0748. The van der Waals surface area contributed by atoms with Crippen molar-refractivity contribution in [1.82, 2.24) is 9.88 Å². The van der Waals surface area contributed by atoms with Crippen LogP contribution in [-0.4, -0.2) is 53.7 Å². The van der Waals surface area contributed by atoms with Crippen molar-refractivity contribution < 1.29 is 19.1 Å². The molecule has 0 radical (unpaired) electrons. The Kier molecular flexibility index (Phi) is 5.74. The van der Waals surface area contributed by atoms with E-state index in [4.69, 9.17) is 14.7 Å². The minimum absolute atomic E-state index is 0.00459. The Bertz CT molecular complexity index is 1320. The van der Waals surface area contributed by atoms with Crippen LogP contribution in [0.3, 0.4) is 0 Å². The summed E-state index contributed by atoms with van der Waals surface area (Å²) in [7, 11) is 0. The summed E-state index contributed by atoms with van der Waals surface area (Å²) in [5.41, 5.74) is 5.24. The van der Waals surface area contributed by atoms with E-state index in [1.165, 1.54) is 22.3 Å². The van der Waals surface area contributed by atoms with Gasteiger partial charge in [0.15, 0.2) is 5.78 Å². The third kappa shape index (κ3) is 3.84. The predicted octanol–water partition coefficient (Wildman–Crippen LogP) is 4.56. The van der Waals surface area contributed by atoms with E-state index in [-0.39, 0.29) is 48.1 Å². The number of ketones is 1. The van der Waals surface area contributed by atoms with Crippen LogP contribution in [0.2, 0.25) is 0 Å². The van der Waals surface area contributed by atoms with Crippen molar-refractivity contribution in [2.24, 2.45) is 5.92 Å². The molecule has 3 aromatic rings. The molecule has 2 aromatic carbocycles. The van der Waals surface area contributed by atoms with Gasteiger partial charge in [-0.3, -0.25) is 9.69 Å². The summed E-state index contributed by atoms with van der Waals surface area (Å²) in [6.07, 6.45) is 0.612. The van der Waals surface area contributed by atoms with Crippen molar-refractivity contribution in [3.8, 4) is 17.2 Å². The first kappa shape index (κ1) is 22.4. The average Bonchev–Trinajstić information content (AvgIpc) is 3.24. The fourth-order valence-electron chi connectivity index (χ4n) is 5.94. The van der Waals surface area contributed by atoms with Crippen molar-refractivity contribution in [2.45, 2.75) is 30.8 Å². The molecule has 6 rings (SSSR count). The lowest BCUT2D eigenvalue weighted by Gasteiger charge is -2.47. The SMILES string of the molecule is N#Cc1cccc(C(=O)C2CC3COCC(C2)N3C(=O)OCC2c3ccccc3-c3ccccc32)n1. The Morgan fingerprint density at radius 1 is 0.944 bits per heavy atom. The largest absolute Gasteiger partial charge is 0.448 e. The molecule has 1 amide bonds. The summed E-state index contributed by atoms with van der Waals surface area (Å²) in [5.74, 6) is -0.366. The van der Waals surface area contributed by atoms with Gasteiger partial charge < -0.3 is 9.47 Å². The van der Waals surface area contributed by atoms with Gasteiger partial charge in [0.1, 0.15) is 24.1 Å². The highest BCUT2D eigenvalue weighted by molar-refractivity contribution is 5.96. The summed E-state index contributed by atoms with van der Waals surface area (Å²) >= 11 is 0. The van der Waals surface area contributed by atoms with E-state index in [1.54, 1.807) is 23.1 Å². The van der Waals surface area contributed by atoms with Gasteiger partial charge in [-0.25, -0.2) is 9.78 Å². The van der Waals surface area contributed by atoms with Gasteiger partial charge in [0.25, 0.3) is 0 Å².